The van der Waals surface area contributed by atoms with Crippen molar-refractivity contribution in [2.24, 2.45) is 0 Å². The number of aliphatic hydroxyl groups is 1. The van der Waals surface area contributed by atoms with Crippen molar-refractivity contribution < 1.29 is 24.2 Å². The van der Waals surface area contributed by atoms with Crippen LogP contribution in [-0.2, 0) is 19.1 Å². The molecule has 0 heterocycles. The molecule has 1 N–H and O–H groups in total. The Balaban J connectivity index is 3.50. The van der Waals surface area contributed by atoms with Crippen molar-refractivity contribution in [3.05, 3.63) is 122 Å². The van der Waals surface area contributed by atoms with E-state index in [1.54, 1.807) is 0 Å². The van der Waals surface area contributed by atoms with Crippen LogP contribution in [-0.4, -0.2) is 36.4 Å². The number of allylic oxidation sites excluding steroid dienone is 20. The van der Waals surface area contributed by atoms with E-state index in [0.717, 1.165) is 116 Å². The van der Waals surface area contributed by atoms with Crippen LogP contribution in [0.2, 0.25) is 0 Å². The van der Waals surface area contributed by atoms with Gasteiger partial charge in [-0.25, -0.2) is 0 Å². The van der Waals surface area contributed by atoms with Gasteiger partial charge in [-0.2, -0.15) is 0 Å². The SMILES string of the molecule is CC/C=C\C/C=C\C/C=C\C/C=C\C/C=C\C/C=C\C/C=C\CCCCCCCCCCCCCCCCCCCC(=O)OC(CO)COC(=O)CCCCCCC/C=C\C/C=C\C/C=C\CC. The largest absolute Gasteiger partial charge is 0.462 e. The van der Waals surface area contributed by atoms with E-state index in [2.05, 4.69) is 135 Å². The van der Waals surface area contributed by atoms with Crippen LogP contribution in [0.4, 0.5) is 0 Å². The van der Waals surface area contributed by atoms with Gasteiger partial charge in [-0.05, 0) is 103 Å². The van der Waals surface area contributed by atoms with Crippen LogP contribution in [0.15, 0.2) is 122 Å². The zero-order valence-electron chi connectivity index (χ0n) is 44.1. The number of esters is 2. The summed E-state index contributed by atoms with van der Waals surface area (Å²) >= 11 is 0. The minimum atomic E-state index is -0.785. The molecule has 0 spiro atoms. The molecule has 5 nitrogen and oxygen atoms in total. The lowest BCUT2D eigenvalue weighted by atomic mass is 10.0. The van der Waals surface area contributed by atoms with E-state index >= 15 is 0 Å². The zero-order valence-corrected chi connectivity index (χ0v) is 44.1. The summed E-state index contributed by atoms with van der Waals surface area (Å²) in [4.78, 5) is 24.4. The highest BCUT2D eigenvalue weighted by Crippen LogP contribution is 2.16. The first-order chi connectivity index (χ1) is 33.6. The number of unbranched alkanes of at least 4 members (excludes halogenated alkanes) is 22. The second-order valence-corrected chi connectivity index (χ2v) is 18.2. The van der Waals surface area contributed by atoms with Crippen LogP contribution < -0.4 is 0 Å². The lowest BCUT2D eigenvalue weighted by molar-refractivity contribution is -0.161. The number of rotatable bonds is 50. The fourth-order valence-corrected chi connectivity index (χ4v) is 7.61. The molecular formula is C63H104O5. The first-order valence-electron chi connectivity index (χ1n) is 28.1. The normalized spacial score (nSPS) is 13.2. The van der Waals surface area contributed by atoms with Crippen molar-refractivity contribution in [2.75, 3.05) is 13.2 Å². The maximum absolute atomic E-state index is 12.3. The maximum Gasteiger partial charge on any atom is 0.306 e. The van der Waals surface area contributed by atoms with Gasteiger partial charge in [-0.15, -0.1) is 0 Å². The number of carbonyl (C=O) groups is 2. The van der Waals surface area contributed by atoms with Crippen molar-refractivity contribution >= 4 is 11.9 Å². The standard InChI is InChI=1S/C63H104O5/c1-3-5-7-9-11-13-15-17-19-20-21-22-23-24-25-26-27-28-29-30-31-32-33-34-35-36-37-38-39-40-41-42-44-46-48-50-52-54-56-58-63(66)68-61(59-64)60-67-62(65)57-55-53-51-49-47-45-43-18-16-14-12-10-8-6-4-2/h5-8,11-14,17-19,21-22,24-25,27-28,30-31,43,61,64H,3-4,9-10,15-16,20,23,26,29,32-42,44-60H2,1-2H3/b7-5-,8-6-,13-11-,14-12-,19-17-,22-21-,25-24-,28-27-,31-30-,43-18-. The lowest BCUT2D eigenvalue weighted by Gasteiger charge is -2.15. The molecule has 1 unspecified atom stereocenters. The smallest absolute Gasteiger partial charge is 0.306 e. The third kappa shape index (κ3) is 54.9. The van der Waals surface area contributed by atoms with E-state index < -0.39 is 6.10 Å². The maximum atomic E-state index is 12.3. The van der Waals surface area contributed by atoms with E-state index in [0.29, 0.717) is 12.8 Å². The minimum Gasteiger partial charge on any atom is -0.462 e. The second-order valence-electron chi connectivity index (χ2n) is 18.2. The molecule has 0 aromatic rings. The average molecular weight is 942 g/mol. The minimum absolute atomic E-state index is 0.0785. The van der Waals surface area contributed by atoms with Crippen LogP contribution in [0.1, 0.15) is 245 Å². The third-order valence-corrected chi connectivity index (χ3v) is 11.8. The van der Waals surface area contributed by atoms with Gasteiger partial charge >= 0.3 is 11.9 Å². The van der Waals surface area contributed by atoms with Gasteiger partial charge in [0.25, 0.3) is 0 Å². The fourth-order valence-electron chi connectivity index (χ4n) is 7.61. The molecule has 0 rings (SSSR count). The first kappa shape index (κ1) is 64.3. The molecule has 5 heteroatoms. The molecule has 0 amide bonds. The Morgan fingerprint density at radius 1 is 0.338 bits per heavy atom. The molecule has 0 saturated heterocycles. The predicted octanol–water partition coefficient (Wildman–Crippen LogP) is 19.1. The van der Waals surface area contributed by atoms with Gasteiger partial charge in [0.2, 0.25) is 0 Å². The highest BCUT2D eigenvalue weighted by molar-refractivity contribution is 5.70. The average Bonchev–Trinajstić information content (AvgIpc) is 3.34. The summed E-state index contributed by atoms with van der Waals surface area (Å²) in [5, 5.41) is 9.63. The Bertz CT molecular complexity index is 1390. The Morgan fingerprint density at radius 3 is 0.882 bits per heavy atom. The van der Waals surface area contributed by atoms with Crippen molar-refractivity contribution in [3.63, 3.8) is 0 Å². The number of hydrogen-bond donors (Lipinski definition) is 1. The first-order valence-corrected chi connectivity index (χ1v) is 28.1. The summed E-state index contributed by atoms with van der Waals surface area (Å²) in [5.74, 6) is -0.611. The molecule has 0 aromatic carbocycles. The van der Waals surface area contributed by atoms with E-state index in [9.17, 15) is 14.7 Å². The number of hydrogen-bond acceptors (Lipinski definition) is 5. The Morgan fingerprint density at radius 2 is 0.588 bits per heavy atom. The number of aliphatic hydroxyl groups excluding tert-OH is 1. The number of ether oxygens (including phenoxy) is 2. The van der Waals surface area contributed by atoms with Gasteiger partial charge in [0, 0.05) is 12.8 Å². The molecule has 0 fully saturated rings. The van der Waals surface area contributed by atoms with Crippen LogP contribution in [0.3, 0.4) is 0 Å². The summed E-state index contributed by atoms with van der Waals surface area (Å²) in [6.45, 7) is 3.90. The van der Waals surface area contributed by atoms with E-state index in [1.165, 1.54) is 103 Å². The topological polar surface area (TPSA) is 72.8 Å². The number of carbonyl (C=O) groups excluding carboxylic acids is 2. The summed E-state index contributed by atoms with van der Waals surface area (Å²) in [6, 6.07) is 0. The molecule has 0 aromatic heterocycles. The van der Waals surface area contributed by atoms with Crippen molar-refractivity contribution in [3.8, 4) is 0 Å². The van der Waals surface area contributed by atoms with Crippen molar-refractivity contribution in [1.82, 2.24) is 0 Å². The zero-order chi connectivity index (χ0) is 49.2. The summed E-state index contributed by atoms with van der Waals surface area (Å²) in [5.41, 5.74) is 0. The van der Waals surface area contributed by atoms with Gasteiger partial charge in [0.1, 0.15) is 6.61 Å². The molecule has 0 aliphatic carbocycles. The summed E-state index contributed by atoms with van der Waals surface area (Å²) in [7, 11) is 0. The van der Waals surface area contributed by atoms with Crippen LogP contribution in [0, 0.1) is 0 Å². The van der Waals surface area contributed by atoms with Gasteiger partial charge in [0.05, 0.1) is 6.61 Å². The quantitative estimate of drug-likeness (QED) is 0.0374. The van der Waals surface area contributed by atoms with Gasteiger partial charge in [-0.1, -0.05) is 251 Å². The van der Waals surface area contributed by atoms with Crippen molar-refractivity contribution in [1.29, 1.82) is 0 Å². The second kappa shape index (κ2) is 57.6. The molecule has 0 aliphatic rings. The highest BCUT2D eigenvalue weighted by atomic mass is 16.6. The Kier molecular flexibility index (Phi) is 54.5. The third-order valence-electron chi connectivity index (χ3n) is 11.8. The molecule has 0 radical (unpaired) electrons. The lowest BCUT2D eigenvalue weighted by Crippen LogP contribution is -2.28. The van der Waals surface area contributed by atoms with Gasteiger partial charge in [-0.3, -0.25) is 9.59 Å². The molecule has 0 saturated carbocycles. The molecule has 0 bridgehead atoms. The Labute approximate surface area is 420 Å². The Hall–Kier alpha value is -3.70. The molecule has 68 heavy (non-hydrogen) atoms. The van der Waals surface area contributed by atoms with Crippen molar-refractivity contribution in [2.45, 2.75) is 251 Å². The van der Waals surface area contributed by atoms with Gasteiger partial charge in [0.15, 0.2) is 6.10 Å². The van der Waals surface area contributed by atoms with Gasteiger partial charge < -0.3 is 14.6 Å². The van der Waals surface area contributed by atoms with E-state index in [-0.39, 0.29) is 25.2 Å². The van der Waals surface area contributed by atoms with Crippen LogP contribution >= 0.6 is 0 Å². The molecule has 0 aliphatic heterocycles. The molecule has 1 atom stereocenters. The molecule has 386 valence electrons. The van der Waals surface area contributed by atoms with Crippen LogP contribution in [0.5, 0.6) is 0 Å². The summed E-state index contributed by atoms with van der Waals surface area (Å²) < 4.78 is 10.7. The molecular weight excluding hydrogens is 837 g/mol. The highest BCUT2D eigenvalue weighted by Gasteiger charge is 2.16. The summed E-state index contributed by atoms with van der Waals surface area (Å²) in [6.07, 6.45) is 84.6. The monoisotopic (exact) mass is 941 g/mol. The van der Waals surface area contributed by atoms with E-state index in [4.69, 9.17) is 9.47 Å². The predicted molar refractivity (Wildman–Crippen MR) is 297 cm³/mol. The van der Waals surface area contributed by atoms with Crippen LogP contribution in [0.25, 0.3) is 0 Å². The van der Waals surface area contributed by atoms with E-state index in [1.807, 2.05) is 0 Å². The fraction of sp³-hybridized carbons (Fsp3) is 0.651.